The van der Waals surface area contributed by atoms with Gasteiger partial charge in [0.2, 0.25) is 10.0 Å². The Bertz CT molecular complexity index is 1030. The Morgan fingerprint density at radius 3 is 2.21 bits per heavy atom. The number of nitrogens with one attached hydrogen (secondary N) is 1. The summed E-state index contributed by atoms with van der Waals surface area (Å²) in [7, 11) is -3.53. The van der Waals surface area contributed by atoms with E-state index in [1.54, 1.807) is 31.4 Å². The minimum absolute atomic E-state index is 0.181. The van der Waals surface area contributed by atoms with Crippen molar-refractivity contribution in [2.24, 2.45) is 0 Å². The van der Waals surface area contributed by atoms with E-state index in [-0.39, 0.29) is 10.8 Å². The summed E-state index contributed by atoms with van der Waals surface area (Å²) in [6, 6.07) is 13.4. The quantitative estimate of drug-likeness (QED) is 0.630. The van der Waals surface area contributed by atoms with Crippen LogP contribution in [-0.2, 0) is 10.0 Å². The Morgan fingerprint density at radius 1 is 1.04 bits per heavy atom. The molecule has 0 bridgehead atoms. The molecule has 0 fully saturated rings. The molecule has 0 atom stereocenters. The summed E-state index contributed by atoms with van der Waals surface area (Å²) in [5, 5.41) is 5.65. The first-order chi connectivity index (χ1) is 13.5. The van der Waals surface area contributed by atoms with Crippen LogP contribution in [0, 0.1) is 0 Å². The lowest BCUT2D eigenvalue weighted by Crippen LogP contribution is -2.30. The molecule has 0 spiro atoms. The van der Waals surface area contributed by atoms with E-state index >= 15 is 0 Å². The Morgan fingerprint density at radius 2 is 1.68 bits per heavy atom. The Labute approximate surface area is 168 Å². The van der Waals surface area contributed by atoms with E-state index in [4.69, 9.17) is 0 Å². The van der Waals surface area contributed by atoms with Crippen LogP contribution in [0.25, 0.3) is 10.6 Å². The van der Waals surface area contributed by atoms with Crippen LogP contribution in [0.4, 0.5) is 5.69 Å². The average molecular weight is 416 g/mol. The van der Waals surface area contributed by atoms with Crippen molar-refractivity contribution < 1.29 is 13.2 Å². The molecule has 1 amide bonds. The van der Waals surface area contributed by atoms with Crippen molar-refractivity contribution >= 4 is 33.0 Å². The summed E-state index contributed by atoms with van der Waals surface area (Å²) in [5.41, 5.74) is 2.03. The van der Waals surface area contributed by atoms with E-state index in [0.29, 0.717) is 24.3 Å². The molecule has 3 rings (SSSR count). The van der Waals surface area contributed by atoms with Crippen LogP contribution >= 0.6 is 11.3 Å². The van der Waals surface area contributed by atoms with Crippen LogP contribution < -0.4 is 5.32 Å². The maximum absolute atomic E-state index is 12.5. The van der Waals surface area contributed by atoms with Gasteiger partial charge in [0.05, 0.1) is 4.90 Å². The molecule has 0 aliphatic rings. The number of amides is 1. The van der Waals surface area contributed by atoms with Crippen LogP contribution in [0.3, 0.4) is 0 Å². The molecule has 28 heavy (non-hydrogen) atoms. The zero-order valence-electron chi connectivity index (χ0n) is 15.6. The number of anilines is 1. The largest absolute Gasteiger partial charge is 0.322 e. The molecule has 0 aliphatic heterocycles. The maximum Gasteiger partial charge on any atom is 0.255 e. The topological polar surface area (TPSA) is 79.4 Å². The number of benzene rings is 2. The number of thiazole rings is 1. The van der Waals surface area contributed by atoms with Gasteiger partial charge in [-0.1, -0.05) is 13.8 Å². The van der Waals surface area contributed by atoms with Crippen LogP contribution in [0.5, 0.6) is 0 Å². The predicted octanol–water partition coefficient (Wildman–Crippen LogP) is 4.09. The number of hydrogen-bond acceptors (Lipinski definition) is 5. The highest BCUT2D eigenvalue weighted by Gasteiger charge is 2.21. The van der Waals surface area contributed by atoms with Crippen molar-refractivity contribution in [3.63, 3.8) is 0 Å². The summed E-state index contributed by atoms with van der Waals surface area (Å²) in [5.74, 6) is -0.297. The number of sulfonamides is 1. The van der Waals surface area contributed by atoms with Gasteiger partial charge in [0.1, 0.15) is 5.01 Å². The number of carbonyl (C=O) groups is 1. The fourth-order valence-corrected chi connectivity index (χ4v) is 4.86. The summed E-state index contributed by atoms with van der Waals surface area (Å²) in [6.45, 7) is 4.39. The smallest absolute Gasteiger partial charge is 0.255 e. The van der Waals surface area contributed by atoms with Crippen LogP contribution in [-0.4, -0.2) is 36.7 Å². The van der Waals surface area contributed by atoms with Crippen molar-refractivity contribution in [3.05, 3.63) is 65.7 Å². The lowest BCUT2D eigenvalue weighted by molar-refractivity contribution is 0.102. The molecule has 1 heterocycles. The van der Waals surface area contributed by atoms with Crippen LogP contribution in [0.15, 0.2) is 65.0 Å². The first kappa shape index (κ1) is 20.2. The minimum atomic E-state index is -3.53. The van der Waals surface area contributed by atoms with E-state index in [1.165, 1.54) is 28.6 Å². The monoisotopic (exact) mass is 415 g/mol. The Balaban J connectivity index is 1.71. The second-order valence-electron chi connectivity index (χ2n) is 5.98. The number of hydrogen-bond donors (Lipinski definition) is 1. The van der Waals surface area contributed by atoms with Crippen LogP contribution in [0.2, 0.25) is 0 Å². The number of rotatable bonds is 7. The van der Waals surface area contributed by atoms with Gasteiger partial charge in [0.15, 0.2) is 0 Å². The fraction of sp³-hybridized carbons (Fsp3) is 0.200. The van der Waals surface area contributed by atoms with E-state index in [9.17, 15) is 13.2 Å². The number of aromatic nitrogens is 1. The van der Waals surface area contributed by atoms with Gasteiger partial charge in [0, 0.05) is 41.5 Å². The lowest BCUT2D eigenvalue weighted by Gasteiger charge is -2.18. The van der Waals surface area contributed by atoms with Gasteiger partial charge >= 0.3 is 0 Å². The summed E-state index contributed by atoms with van der Waals surface area (Å²) in [6.07, 6.45) is 1.75. The van der Waals surface area contributed by atoms with Gasteiger partial charge < -0.3 is 5.32 Å². The zero-order chi connectivity index (χ0) is 20.1. The first-order valence-corrected chi connectivity index (χ1v) is 11.2. The molecule has 3 aromatic rings. The van der Waals surface area contributed by atoms with Crippen molar-refractivity contribution in [3.8, 4) is 10.6 Å². The molecule has 0 aliphatic carbocycles. The highest BCUT2D eigenvalue weighted by Crippen LogP contribution is 2.23. The van der Waals surface area contributed by atoms with E-state index in [0.717, 1.165) is 10.6 Å². The van der Waals surface area contributed by atoms with Gasteiger partial charge in [-0.25, -0.2) is 13.4 Å². The van der Waals surface area contributed by atoms with Gasteiger partial charge in [-0.3, -0.25) is 4.79 Å². The second kappa shape index (κ2) is 8.64. The first-order valence-electron chi connectivity index (χ1n) is 8.87. The van der Waals surface area contributed by atoms with E-state index in [1.807, 2.05) is 29.6 Å². The molecule has 1 aromatic heterocycles. The van der Waals surface area contributed by atoms with Crippen molar-refractivity contribution in [1.82, 2.24) is 9.29 Å². The summed E-state index contributed by atoms with van der Waals surface area (Å²) < 4.78 is 26.4. The molecule has 146 valence electrons. The van der Waals surface area contributed by atoms with Gasteiger partial charge in [-0.15, -0.1) is 11.3 Å². The van der Waals surface area contributed by atoms with Crippen molar-refractivity contribution in [2.75, 3.05) is 18.4 Å². The Kier molecular flexibility index (Phi) is 6.23. The molecular formula is C20H21N3O3S2. The Hall–Kier alpha value is -2.55. The fourth-order valence-electron chi connectivity index (χ4n) is 2.76. The molecular weight excluding hydrogens is 394 g/mol. The molecule has 6 nitrogen and oxygen atoms in total. The number of nitrogens with zero attached hydrogens (tertiary/aromatic N) is 2. The average Bonchev–Trinajstić information content (AvgIpc) is 3.24. The number of carbonyl (C=O) groups excluding carboxylic acids is 1. The third-order valence-corrected chi connectivity index (χ3v) is 7.17. The highest BCUT2D eigenvalue weighted by molar-refractivity contribution is 7.89. The standard InChI is InChI=1S/C20H21N3O3S2/c1-3-23(4-2)28(25,26)18-11-7-15(8-12-18)19(24)22-17-9-5-16(6-10-17)20-21-13-14-27-20/h5-14H,3-4H2,1-2H3,(H,22,24). The molecule has 0 unspecified atom stereocenters. The molecule has 1 N–H and O–H groups in total. The summed E-state index contributed by atoms with van der Waals surface area (Å²) in [4.78, 5) is 16.9. The minimum Gasteiger partial charge on any atom is -0.322 e. The van der Waals surface area contributed by atoms with E-state index in [2.05, 4.69) is 10.3 Å². The van der Waals surface area contributed by atoms with Crippen molar-refractivity contribution in [1.29, 1.82) is 0 Å². The van der Waals surface area contributed by atoms with Crippen molar-refractivity contribution in [2.45, 2.75) is 18.7 Å². The lowest BCUT2D eigenvalue weighted by atomic mass is 10.2. The molecule has 0 saturated carbocycles. The normalized spacial score (nSPS) is 11.5. The summed E-state index contributed by atoms with van der Waals surface area (Å²) >= 11 is 1.55. The maximum atomic E-state index is 12.5. The molecule has 2 aromatic carbocycles. The third-order valence-electron chi connectivity index (χ3n) is 4.28. The van der Waals surface area contributed by atoms with Crippen LogP contribution in [0.1, 0.15) is 24.2 Å². The van der Waals surface area contributed by atoms with E-state index < -0.39 is 10.0 Å². The molecule has 0 saturated heterocycles. The van der Waals surface area contributed by atoms with Gasteiger partial charge in [0.25, 0.3) is 5.91 Å². The highest BCUT2D eigenvalue weighted by atomic mass is 32.2. The van der Waals surface area contributed by atoms with Gasteiger partial charge in [-0.2, -0.15) is 4.31 Å². The molecule has 8 heteroatoms. The predicted molar refractivity (Wildman–Crippen MR) is 112 cm³/mol. The zero-order valence-corrected chi connectivity index (χ0v) is 17.3. The van der Waals surface area contributed by atoms with Gasteiger partial charge in [-0.05, 0) is 48.5 Å². The molecule has 0 radical (unpaired) electrons. The third kappa shape index (κ3) is 4.30. The SMILES string of the molecule is CCN(CC)S(=O)(=O)c1ccc(C(=O)Nc2ccc(-c3nccs3)cc2)cc1. The second-order valence-corrected chi connectivity index (χ2v) is 8.81.